The number of carbonyl (C=O) groups is 5. The number of hydroxylamine groups is 4. The fourth-order valence-electron chi connectivity index (χ4n) is 19.5. The van der Waals surface area contributed by atoms with Crippen molar-refractivity contribution in [2.75, 3.05) is 0 Å². The number of allylic oxidation sites excluding steroid dienone is 2. The first kappa shape index (κ1) is 95.1. The maximum atomic E-state index is 15.1. The highest BCUT2D eigenvalue weighted by molar-refractivity contribution is 7.89. The Labute approximate surface area is 700 Å². The molecule has 4 amide bonds. The van der Waals surface area contributed by atoms with Gasteiger partial charge in [0.2, 0.25) is 5.78 Å². The highest BCUT2D eigenvalue weighted by Gasteiger charge is 2.85. The summed E-state index contributed by atoms with van der Waals surface area (Å²) in [5, 5.41) is 7.39. The van der Waals surface area contributed by atoms with E-state index >= 15 is 8.78 Å². The summed E-state index contributed by atoms with van der Waals surface area (Å²) in [6.45, 7) is -0.251. The number of nitriles is 1. The van der Waals surface area contributed by atoms with E-state index < -0.39 is 232 Å². The van der Waals surface area contributed by atoms with Crippen molar-refractivity contribution in [3.8, 4) is 6.07 Å². The number of benzene rings is 4. The Morgan fingerprint density at radius 1 is 0.536 bits per heavy atom. The lowest BCUT2D eigenvalue weighted by molar-refractivity contribution is -0.386. The summed E-state index contributed by atoms with van der Waals surface area (Å²) in [6.07, 6.45) is -10.5. The molecule has 0 spiro atoms. The lowest BCUT2D eigenvalue weighted by Gasteiger charge is -2.43. The zero-order valence-corrected chi connectivity index (χ0v) is 68.1. The molecule has 9 aliphatic carbocycles. The first-order valence-electron chi connectivity index (χ1n) is 38.9. The third-order valence-electron chi connectivity index (χ3n) is 25.5. The molecule has 4 aromatic rings. The van der Waals surface area contributed by atoms with Crippen LogP contribution in [0.5, 0.6) is 0 Å². The Balaban J connectivity index is 0.000000152. The average Bonchev–Trinajstić information content (AvgIpc) is 1.68. The van der Waals surface area contributed by atoms with E-state index in [1.807, 2.05) is 0 Å². The normalized spacial score (nSPS) is 27.1. The molecule has 2 aliphatic heterocycles. The molecule has 4 aromatic carbocycles. The number of hydrogen-bond donors (Lipinski definition) is 0. The summed E-state index contributed by atoms with van der Waals surface area (Å²) < 4.78 is 380. The number of halogens is 19. The van der Waals surface area contributed by atoms with Crippen molar-refractivity contribution in [1.82, 2.24) is 10.1 Å². The number of alkyl halides is 19. The maximum Gasteiger partial charge on any atom is 0.440 e. The van der Waals surface area contributed by atoms with E-state index in [0.717, 1.165) is 12.0 Å². The van der Waals surface area contributed by atoms with Crippen molar-refractivity contribution >= 4 is 92.4 Å². The molecule has 15 rings (SSSR count). The summed E-state index contributed by atoms with van der Waals surface area (Å²) in [5.74, 6) is -30.8. The van der Waals surface area contributed by atoms with Gasteiger partial charge >= 0.3 is 76.5 Å². The van der Waals surface area contributed by atoms with Crippen LogP contribution in [0.3, 0.4) is 0 Å². The summed E-state index contributed by atoms with van der Waals surface area (Å²) in [7, 11) is -24.9. The number of amides is 4. The van der Waals surface area contributed by atoms with E-state index in [1.54, 1.807) is 97.9 Å². The van der Waals surface area contributed by atoms with E-state index in [-0.39, 0.29) is 103 Å². The molecule has 47 heteroatoms. The van der Waals surface area contributed by atoms with E-state index in [0.29, 0.717) is 68.2 Å². The van der Waals surface area contributed by atoms with Crippen LogP contribution < -0.4 is 0 Å². The Hall–Kier alpha value is -8.98. The zero-order chi connectivity index (χ0) is 92.1. The second-order valence-electron chi connectivity index (χ2n) is 32.8. The molecular weight excluding hydrogens is 1800 g/mol. The summed E-state index contributed by atoms with van der Waals surface area (Å²) >= 11 is 0. The van der Waals surface area contributed by atoms with Crippen LogP contribution in [-0.4, -0.2) is 129 Å². The Kier molecular flexibility index (Phi) is 26.0. The average molecular weight is 1870 g/mol. The quantitative estimate of drug-likeness (QED) is 0.0120. The molecule has 24 nitrogen and oxygen atoms in total. The zero-order valence-electron chi connectivity index (χ0n) is 64.8. The molecule has 125 heavy (non-hydrogen) atoms. The van der Waals surface area contributed by atoms with Gasteiger partial charge in [-0.1, -0.05) is 146 Å². The number of aryl methyl sites for hydroxylation is 1. The molecule has 11 aliphatic rings. The number of nitrogens with zero attached hydrogens (tertiary/aromatic N) is 5. The van der Waals surface area contributed by atoms with Crippen LogP contribution in [0.25, 0.3) is 11.1 Å². The standard InChI is InChI=1S/C24H19F2NO5S.C18H16F9NO5S.C18H21F6NO5S.C18H18F2N2O4S/c25-24(26,19-14-15-11-12-18(19)13-15)33(30,31)32-27-22(28)20(16-7-3-1-4-8-16)21(23(27)29)17-9-5-2-6-10-17;19-16(20,21)12-2-1-3-14(28(29)30)11(12)8-33-34(31,32)15(17(22,23)24,18(25,26)27)13-7-9-4-5-10(13)6-9;19-16(20,13-8-9-5-6-10(13)7-9)17(21,22)18(23,24)31(28,29)30-25-14(26)11-3-1-2-4-12(11)15(25)27;1-11-2-5-13(6-3-11)16(10-21)22-26-27(24,25)18(19,20)17(23)15-9-12-4-7-14(15)8-12/h1-12,15,18-19H,13-14H2;1-3,9-10,13H,4-8H2;9-13H,1-8H2;2-3,5-6,12,14-15H,4,7-9H2,1H3. The Morgan fingerprint density at radius 2 is 1.02 bits per heavy atom. The van der Waals surface area contributed by atoms with Gasteiger partial charge in [0.15, 0.2) is 5.71 Å². The maximum absolute atomic E-state index is 15.1. The molecule has 682 valence electrons. The third kappa shape index (κ3) is 17.2. The van der Waals surface area contributed by atoms with Crippen LogP contribution >= 0.6 is 0 Å². The highest BCUT2D eigenvalue weighted by Crippen LogP contribution is 2.65. The van der Waals surface area contributed by atoms with Crippen molar-refractivity contribution in [3.05, 3.63) is 159 Å². The van der Waals surface area contributed by atoms with Gasteiger partial charge in [-0.15, -0.1) is 18.7 Å². The fraction of sp³-hybridized carbons (Fsp3) is 0.551. The highest BCUT2D eigenvalue weighted by atomic mass is 32.2. The smallest absolute Gasteiger partial charge is 0.291 e. The molecular formula is C78H74F19N5O19S4. The lowest BCUT2D eigenvalue weighted by Crippen LogP contribution is -2.67. The number of oxime groups is 1. The minimum atomic E-state index is -6.81. The summed E-state index contributed by atoms with van der Waals surface area (Å²) in [4.78, 5) is 72.7. The number of nitro groups is 1. The second-order valence-corrected chi connectivity index (χ2v) is 39.3. The fourth-order valence-corrected chi connectivity index (χ4v) is 23.8. The lowest BCUT2D eigenvalue weighted by atomic mass is 9.77. The molecule has 9 fully saturated rings. The predicted octanol–water partition coefficient (Wildman–Crippen LogP) is 16.7. The molecule has 0 N–H and O–H groups in total. The monoisotopic (exact) mass is 1870 g/mol. The van der Waals surface area contributed by atoms with E-state index in [9.17, 15) is 142 Å². The van der Waals surface area contributed by atoms with Crippen LogP contribution in [-0.2, 0) is 94.3 Å². The number of fused-ring (bicyclic) bond motifs is 9. The molecule has 1 saturated heterocycles. The van der Waals surface area contributed by atoms with Crippen LogP contribution in [0.15, 0.2) is 120 Å². The number of ketones is 1. The van der Waals surface area contributed by atoms with Crippen molar-refractivity contribution in [1.29, 1.82) is 5.26 Å². The van der Waals surface area contributed by atoms with E-state index in [1.165, 1.54) is 12.1 Å². The number of hydrogen-bond acceptors (Lipinski definition) is 21. The number of Topliss-reactive ketones (excluding diaryl/α,β-unsaturated/α-hetero) is 1. The topological polar surface area (TPSA) is 345 Å². The molecule has 2 heterocycles. The van der Waals surface area contributed by atoms with Gasteiger partial charge in [-0.2, -0.15) is 122 Å². The van der Waals surface area contributed by atoms with E-state index in [2.05, 4.69) is 22.2 Å². The SMILES string of the molecule is Cc1ccc(C(C#N)=NOS(=O)(=O)C(F)(F)C(=O)C2CC3CCC2C3)cc1.O=C1C(c2ccccc2)=C(c2ccccc2)C(=O)N1OS(=O)(=O)C(F)(F)C1CC2C=CC1C2.O=C1C2CCCCC2C(=O)N1OS(=O)(=O)C(F)(F)C(F)(F)C(F)(F)C1CC2CCC1C2.O=[N+]([O-])c1cccc(C(F)(F)F)c1COS(=O)(=O)C(C1CC2CCC1C2)(C(F)(F)F)C(F)(F)F. The molecule has 14 unspecified atom stereocenters. The van der Waals surface area contributed by atoms with Crippen LogP contribution in [0, 0.1) is 111 Å². The van der Waals surface area contributed by atoms with Crippen LogP contribution in [0.1, 0.15) is 149 Å². The van der Waals surface area contributed by atoms with Gasteiger partial charge in [-0.25, -0.2) is 0 Å². The minimum Gasteiger partial charge on any atom is -0.291 e. The van der Waals surface area contributed by atoms with Crippen molar-refractivity contribution in [2.45, 2.75) is 180 Å². The van der Waals surface area contributed by atoms with Gasteiger partial charge < -0.3 is 0 Å². The van der Waals surface area contributed by atoms with Gasteiger partial charge in [0, 0.05) is 35.3 Å². The number of nitro benzene ring substituents is 1. The first-order valence-corrected chi connectivity index (χ1v) is 44.5. The van der Waals surface area contributed by atoms with Gasteiger partial charge in [0.25, 0.3) is 44.2 Å². The predicted molar refractivity (Wildman–Crippen MR) is 394 cm³/mol. The minimum absolute atomic E-state index is 0.00142. The number of imide groups is 2. The van der Waals surface area contributed by atoms with Crippen molar-refractivity contribution in [3.63, 3.8) is 0 Å². The van der Waals surface area contributed by atoms with Crippen molar-refractivity contribution in [2.24, 2.45) is 88.0 Å². The Morgan fingerprint density at radius 3 is 1.45 bits per heavy atom. The van der Waals surface area contributed by atoms with E-state index in [4.69, 9.17) is 5.26 Å². The van der Waals surface area contributed by atoms with Gasteiger partial charge in [0.1, 0.15) is 6.07 Å². The van der Waals surface area contributed by atoms with Gasteiger partial charge in [-0.3, -0.25) is 42.6 Å². The largest absolute Gasteiger partial charge is 0.440 e. The molecule has 14 atom stereocenters. The summed E-state index contributed by atoms with van der Waals surface area (Å²) in [6, 6.07) is 25.4. The third-order valence-corrected chi connectivity index (χ3v) is 31.1. The summed E-state index contributed by atoms with van der Waals surface area (Å²) in [5.41, 5.74) is -3.69. The molecule has 0 radical (unpaired) electrons. The molecule has 8 saturated carbocycles. The van der Waals surface area contributed by atoms with Crippen molar-refractivity contribution < 1.29 is 163 Å². The van der Waals surface area contributed by atoms with Gasteiger partial charge in [0.05, 0.1) is 45.6 Å². The first-order chi connectivity index (χ1) is 57.9. The number of carbonyl (C=O) groups excluding carboxylic acids is 5. The van der Waals surface area contributed by atoms with Gasteiger partial charge in [-0.05, 0) is 155 Å². The second kappa shape index (κ2) is 34.2. The van der Waals surface area contributed by atoms with Crippen LogP contribution in [0.4, 0.5) is 89.1 Å². The number of rotatable bonds is 24. The van der Waals surface area contributed by atoms with Crippen LogP contribution in [0.2, 0.25) is 0 Å². The molecule has 0 aromatic heterocycles. The molecule has 8 bridgehead atoms. The Bertz CT molecular complexity index is 5410.